The lowest BCUT2D eigenvalue weighted by Gasteiger charge is -2.43. The number of likely N-dealkylation sites (N-methyl/N-ethyl adjacent to an activating group) is 1. The second kappa shape index (κ2) is 8.29. The lowest BCUT2D eigenvalue weighted by molar-refractivity contribution is 0.0955. The second-order valence-electron chi connectivity index (χ2n) is 7.54. The number of hydrazone groups is 1. The molecular weight excluding hydrogens is 386 g/mol. The van der Waals surface area contributed by atoms with Crippen molar-refractivity contribution in [2.24, 2.45) is 5.10 Å². The molecule has 0 spiro atoms. The highest BCUT2D eigenvalue weighted by Crippen LogP contribution is 2.40. The van der Waals surface area contributed by atoms with E-state index in [1.165, 1.54) is 5.57 Å². The van der Waals surface area contributed by atoms with Crippen molar-refractivity contribution in [3.63, 3.8) is 0 Å². The van der Waals surface area contributed by atoms with E-state index in [0.29, 0.717) is 16.3 Å². The van der Waals surface area contributed by atoms with Crippen LogP contribution in [0.1, 0.15) is 49.2 Å². The van der Waals surface area contributed by atoms with Crippen molar-refractivity contribution < 1.29 is 9.53 Å². The summed E-state index contributed by atoms with van der Waals surface area (Å²) in [5, 5.41) is 4.68. The normalized spacial score (nSPS) is 15.1. The maximum absolute atomic E-state index is 12.2. The smallest absolute Gasteiger partial charge is 0.271 e. The first kappa shape index (κ1) is 20.9. The number of halogens is 1. The predicted octanol–water partition coefficient (Wildman–Crippen LogP) is 5.13. The molecule has 2 aromatic carbocycles. The molecule has 2 aromatic rings. The number of allylic oxidation sites excluding steroid dienone is 1. The van der Waals surface area contributed by atoms with E-state index in [2.05, 4.69) is 49.2 Å². The maximum Gasteiger partial charge on any atom is 0.271 e. The van der Waals surface area contributed by atoms with Gasteiger partial charge in [0.05, 0.1) is 23.9 Å². The van der Waals surface area contributed by atoms with Crippen LogP contribution in [0.2, 0.25) is 5.02 Å². The van der Waals surface area contributed by atoms with E-state index in [9.17, 15) is 4.79 Å². The maximum atomic E-state index is 12.2. The summed E-state index contributed by atoms with van der Waals surface area (Å²) in [6, 6.07) is 10.8. The number of carbonyl (C=O) groups is 1. The summed E-state index contributed by atoms with van der Waals surface area (Å²) in [5.74, 6) is 0.395. The fraction of sp³-hybridized carbons (Fsp3) is 0.304. The number of hydrogen-bond acceptors (Lipinski definition) is 4. The van der Waals surface area contributed by atoms with E-state index in [-0.39, 0.29) is 11.4 Å². The summed E-state index contributed by atoms with van der Waals surface area (Å²) in [7, 11) is 1.58. The first-order valence-corrected chi connectivity index (χ1v) is 9.93. The summed E-state index contributed by atoms with van der Waals surface area (Å²) in [6.07, 6.45) is 3.84. The minimum atomic E-state index is -0.298. The number of anilines is 1. The fourth-order valence-corrected chi connectivity index (χ4v) is 3.97. The first-order valence-electron chi connectivity index (χ1n) is 9.55. The molecule has 0 fully saturated rings. The van der Waals surface area contributed by atoms with Gasteiger partial charge in [0.2, 0.25) is 0 Å². The van der Waals surface area contributed by atoms with Crippen LogP contribution in [0.25, 0.3) is 5.57 Å². The van der Waals surface area contributed by atoms with E-state index >= 15 is 0 Å². The van der Waals surface area contributed by atoms with E-state index in [0.717, 1.165) is 23.4 Å². The Bertz CT molecular complexity index is 978. The number of hydrogen-bond donors (Lipinski definition) is 1. The van der Waals surface area contributed by atoms with Gasteiger partial charge in [0, 0.05) is 28.9 Å². The molecule has 1 amide bonds. The van der Waals surface area contributed by atoms with Crippen molar-refractivity contribution in [1.29, 1.82) is 0 Å². The summed E-state index contributed by atoms with van der Waals surface area (Å²) in [6.45, 7) is 9.51. The van der Waals surface area contributed by atoms with Gasteiger partial charge < -0.3 is 9.64 Å². The highest BCUT2D eigenvalue weighted by molar-refractivity contribution is 6.33. The SMILES string of the molecule is CCN1c2cc(Cl)c(/C=N\NC(=O)c3ccc(OC)cc3)cc2C(C)=CC1(C)C. The average molecular weight is 412 g/mol. The lowest BCUT2D eigenvalue weighted by Crippen LogP contribution is -2.44. The second-order valence-corrected chi connectivity index (χ2v) is 7.95. The van der Waals surface area contributed by atoms with Crippen molar-refractivity contribution >= 4 is 35.0 Å². The van der Waals surface area contributed by atoms with Crippen LogP contribution in [0.15, 0.2) is 47.6 Å². The van der Waals surface area contributed by atoms with Crippen molar-refractivity contribution in [3.8, 4) is 5.75 Å². The molecule has 0 bridgehead atoms. The zero-order chi connectivity index (χ0) is 21.2. The molecule has 1 heterocycles. The van der Waals surface area contributed by atoms with Gasteiger partial charge in [0.1, 0.15) is 5.75 Å². The molecule has 0 atom stereocenters. The zero-order valence-electron chi connectivity index (χ0n) is 17.4. The minimum absolute atomic E-state index is 0.0723. The highest BCUT2D eigenvalue weighted by atomic mass is 35.5. The molecule has 6 heteroatoms. The van der Waals surface area contributed by atoms with Crippen molar-refractivity contribution in [2.45, 2.75) is 33.2 Å². The summed E-state index contributed by atoms with van der Waals surface area (Å²) < 4.78 is 5.10. The number of methoxy groups -OCH3 is 1. The molecule has 0 saturated carbocycles. The highest BCUT2D eigenvalue weighted by Gasteiger charge is 2.30. The van der Waals surface area contributed by atoms with Crippen molar-refractivity contribution in [1.82, 2.24) is 5.43 Å². The predicted molar refractivity (Wildman–Crippen MR) is 120 cm³/mol. The molecule has 1 aliphatic heterocycles. The number of carbonyl (C=O) groups excluding carboxylic acids is 1. The quantitative estimate of drug-likeness (QED) is 0.547. The lowest BCUT2D eigenvalue weighted by atomic mass is 9.88. The number of rotatable bonds is 5. The summed E-state index contributed by atoms with van der Waals surface area (Å²) >= 11 is 6.53. The zero-order valence-corrected chi connectivity index (χ0v) is 18.2. The van der Waals surface area contributed by atoms with Crippen LogP contribution in [0.4, 0.5) is 5.69 Å². The Balaban J connectivity index is 1.81. The number of fused-ring (bicyclic) bond motifs is 1. The molecule has 29 heavy (non-hydrogen) atoms. The summed E-state index contributed by atoms with van der Waals surface area (Å²) in [5.41, 5.74) is 7.16. The van der Waals surface area contributed by atoms with Gasteiger partial charge >= 0.3 is 0 Å². The van der Waals surface area contributed by atoms with E-state index < -0.39 is 0 Å². The Kier molecular flexibility index (Phi) is 5.99. The Morgan fingerprint density at radius 1 is 1.28 bits per heavy atom. The van der Waals surface area contributed by atoms with Gasteiger partial charge in [-0.2, -0.15) is 5.10 Å². The van der Waals surface area contributed by atoms with Gasteiger partial charge in [-0.1, -0.05) is 17.7 Å². The molecule has 1 N–H and O–H groups in total. The van der Waals surface area contributed by atoms with Gasteiger partial charge in [0.15, 0.2) is 0 Å². The molecule has 0 saturated heterocycles. The van der Waals surface area contributed by atoms with Crippen LogP contribution >= 0.6 is 11.6 Å². The molecule has 0 aliphatic carbocycles. The van der Waals surface area contributed by atoms with E-state index in [1.807, 2.05) is 12.1 Å². The Hall–Kier alpha value is -2.79. The minimum Gasteiger partial charge on any atom is -0.497 e. The van der Waals surface area contributed by atoms with Gasteiger partial charge in [0.25, 0.3) is 5.91 Å². The Morgan fingerprint density at radius 3 is 2.59 bits per heavy atom. The van der Waals surface area contributed by atoms with Gasteiger partial charge in [-0.25, -0.2) is 5.43 Å². The number of benzene rings is 2. The molecule has 0 radical (unpaired) electrons. The molecule has 3 rings (SSSR count). The fourth-order valence-electron chi connectivity index (χ4n) is 3.76. The Morgan fingerprint density at radius 2 is 1.97 bits per heavy atom. The molecule has 152 valence electrons. The first-order chi connectivity index (χ1) is 13.8. The summed E-state index contributed by atoms with van der Waals surface area (Å²) in [4.78, 5) is 14.6. The van der Waals surface area contributed by atoms with Crippen LogP contribution < -0.4 is 15.1 Å². The monoisotopic (exact) mass is 411 g/mol. The number of nitrogens with zero attached hydrogens (tertiary/aromatic N) is 2. The van der Waals surface area contributed by atoms with Gasteiger partial charge in [-0.3, -0.25) is 4.79 Å². The van der Waals surface area contributed by atoms with Crippen LogP contribution in [-0.4, -0.2) is 31.3 Å². The number of amides is 1. The standard InChI is InChI=1S/C23H26ClN3O2/c1-6-27-21-12-20(24)17(11-19(21)15(2)13-23(27,3)4)14-25-26-22(28)16-7-9-18(29-5)10-8-16/h7-14H,6H2,1-5H3,(H,26,28)/b25-14-. The molecule has 0 unspecified atom stereocenters. The third kappa shape index (κ3) is 4.30. The third-order valence-electron chi connectivity index (χ3n) is 5.13. The van der Waals surface area contributed by atoms with Crippen LogP contribution in [0.3, 0.4) is 0 Å². The largest absolute Gasteiger partial charge is 0.497 e. The molecule has 0 aromatic heterocycles. The third-order valence-corrected chi connectivity index (χ3v) is 5.46. The number of ether oxygens (including phenoxy) is 1. The van der Waals surface area contributed by atoms with Crippen LogP contribution in [0, 0.1) is 0 Å². The van der Waals surface area contributed by atoms with E-state index in [4.69, 9.17) is 16.3 Å². The topological polar surface area (TPSA) is 53.9 Å². The average Bonchev–Trinajstić information content (AvgIpc) is 2.68. The van der Waals surface area contributed by atoms with Gasteiger partial charge in [-0.15, -0.1) is 0 Å². The van der Waals surface area contributed by atoms with Crippen molar-refractivity contribution in [3.05, 3.63) is 64.2 Å². The molecule has 1 aliphatic rings. The number of nitrogens with one attached hydrogen (secondary N) is 1. The van der Waals surface area contributed by atoms with Crippen molar-refractivity contribution in [2.75, 3.05) is 18.6 Å². The van der Waals surface area contributed by atoms with Gasteiger partial charge in [-0.05, 0) is 69.7 Å². The Labute approximate surface area is 177 Å². The van der Waals surface area contributed by atoms with E-state index in [1.54, 1.807) is 37.6 Å². The van der Waals surface area contributed by atoms with Crippen LogP contribution in [-0.2, 0) is 0 Å². The van der Waals surface area contributed by atoms with Crippen LogP contribution in [0.5, 0.6) is 5.75 Å². The molecule has 5 nitrogen and oxygen atoms in total. The molecular formula is C23H26ClN3O2.